The van der Waals surface area contributed by atoms with Crippen LogP contribution in [0, 0.1) is 0 Å². The molecule has 6 heteroatoms. The lowest BCUT2D eigenvalue weighted by molar-refractivity contribution is 0.0951. The van der Waals surface area contributed by atoms with Crippen LogP contribution in [0.2, 0.25) is 0 Å². The van der Waals surface area contributed by atoms with Gasteiger partial charge in [0.2, 0.25) is 0 Å². The number of rotatable bonds is 2. The molecular weight excluding hydrogens is 232 g/mol. The Morgan fingerprint density at radius 3 is 2.94 bits per heavy atom. The van der Waals surface area contributed by atoms with E-state index in [0.717, 1.165) is 13.0 Å². The molecule has 1 aliphatic rings. The number of hydrogen-bond acceptors (Lipinski definition) is 5. The summed E-state index contributed by atoms with van der Waals surface area (Å²) in [6, 6.07) is 1.74. The van der Waals surface area contributed by atoms with Crippen LogP contribution in [0.4, 0.5) is 0 Å². The molecule has 0 amide bonds. The van der Waals surface area contributed by atoms with E-state index in [1.54, 1.807) is 10.7 Å². The van der Waals surface area contributed by atoms with Crippen molar-refractivity contribution in [2.75, 3.05) is 0 Å². The summed E-state index contributed by atoms with van der Waals surface area (Å²) < 4.78 is 6.90. The van der Waals surface area contributed by atoms with Gasteiger partial charge in [0, 0.05) is 24.9 Å². The van der Waals surface area contributed by atoms with Crippen molar-refractivity contribution >= 4 is 5.78 Å². The quantitative estimate of drug-likeness (QED) is 0.810. The van der Waals surface area contributed by atoms with Crippen molar-refractivity contribution in [1.82, 2.24) is 19.9 Å². The zero-order valence-corrected chi connectivity index (χ0v) is 10.4. The van der Waals surface area contributed by atoms with Gasteiger partial charge in [-0.05, 0) is 6.42 Å². The average Bonchev–Trinajstić information content (AvgIpc) is 2.95. The molecule has 2 aromatic rings. The third-order valence-electron chi connectivity index (χ3n) is 3.02. The summed E-state index contributed by atoms with van der Waals surface area (Å²) in [5.74, 6) is 1.38. The first-order valence-electron chi connectivity index (χ1n) is 6.10. The second-order valence-electron chi connectivity index (χ2n) is 4.78. The summed E-state index contributed by atoms with van der Waals surface area (Å²) >= 11 is 0. The predicted octanol–water partition coefficient (Wildman–Crippen LogP) is 2.03. The van der Waals surface area contributed by atoms with E-state index in [-0.39, 0.29) is 11.7 Å². The largest absolute Gasteiger partial charge is 0.332 e. The minimum Gasteiger partial charge on any atom is -0.332 e. The lowest BCUT2D eigenvalue weighted by Crippen LogP contribution is -2.16. The molecule has 0 saturated carbocycles. The van der Waals surface area contributed by atoms with E-state index in [1.807, 2.05) is 13.8 Å². The first-order chi connectivity index (χ1) is 8.65. The highest BCUT2D eigenvalue weighted by Gasteiger charge is 2.22. The van der Waals surface area contributed by atoms with Crippen LogP contribution in [0.25, 0.3) is 11.6 Å². The van der Waals surface area contributed by atoms with Crippen molar-refractivity contribution in [3.05, 3.63) is 17.6 Å². The summed E-state index contributed by atoms with van der Waals surface area (Å²) in [7, 11) is 0. The van der Waals surface area contributed by atoms with E-state index in [9.17, 15) is 4.79 Å². The number of nitrogens with zero attached hydrogens (tertiary/aromatic N) is 4. The molecule has 1 aliphatic heterocycles. The van der Waals surface area contributed by atoms with Crippen molar-refractivity contribution in [3.63, 3.8) is 0 Å². The number of aromatic nitrogens is 4. The highest BCUT2D eigenvalue weighted by molar-refractivity contribution is 5.95. The van der Waals surface area contributed by atoms with E-state index in [4.69, 9.17) is 4.52 Å². The van der Waals surface area contributed by atoms with Crippen LogP contribution in [-0.4, -0.2) is 25.7 Å². The van der Waals surface area contributed by atoms with Crippen LogP contribution >= 0.6 is 0 Å². The fourth-order valence-electron chi connectivity index (χ4n) is 2.01. The standard InChI is InChI=1S/C12H14N4O2/c1-7(2)11-13-12(18-15-11)8-6-9-10(17)4-3-5-16(9)14-8/h6-7H,3-5H2,1-2H3. The highest BCUT2D eigenvalue weighted by Crippen LogP contribution is 2.23. The Morgan fingerprint density at radius 1 is 1.44 bits per heavy atom. The Balaban J connectivity index is 1.99. The normalized spacial score (nSPS) is 15.2. The van der Waals surface area contributed by atoms with E-state index in [0.29, 0.717) is 29.5 Å². The maximum absolute atomic E-state index is 11.7. The minimum absolute atomic E-state index is 0.128. The molecule has 0 aliphatic carbocycles. The van der Waals surface area contributed by atoms with E-state index in [2.05, 4.69) is 15.2 Å². The molecule has 2 aromatic heterocycles. The number of hydrogen-bond donors (Lipinski definition) is 0. The summed E-state index contributed by atoms with van der Waals surface area (Å²) in [6.07, 6.45) is 1.43. The third kappa shape index (κ3) is 1.73. The summed E-state index contributed by atoms with van der Waals surface area (Å²) in [5, 5.41) is 8.24. The number of aryl methyl sites for hydroxylation is 1. The second-order valence-corrected chi connectivity index (χ2v) is 4.78. The maximum atomic E-state index is 11.7. The van der Waals surface area contributed by atoms with Gasteiger partial charge in [-0.15, -0.1) is 0 Å². The van der Waals surface area contributed by atoms with Gasteiger partial charge >= 0.3 is 0 Å². The molecule has 6 nitrogen and oxygen atoms in total. The van der Waals surface area contributed by atoms with Crippen LogP contribution < -0.4 is 0 Å². The lowest BCUT2D eigenvalue weighted by atomic mass is 10.1. The van der Waals surface area contributed by atoms with Crippen molar-refractivity contribution in [2.24, 2.45) is 0 Å². The van der Waals surface area contributed by atoms with E-state index >= 15 is 0 Å². The Bertz CT molecular complexity index is 597. The average molecular weight is 246 g/mol. The Labute approximate surface area is 104 Å². The molecule has 0 fully saturated rings. The van der Waals surface area contributed by atoms with Gasteiger partial charge in [-0.1, -0.05) is 19.0 Å². The van der Waals surface area contributed by atoms with Crippen molar-refractivity contribution in [2.45, 2.75) is 39.2 Å². The molecule has 0 spiro atoms. The molecule has 0 radical (unpaired) electrons. The maximum Gasteiger partial charge on any atom is 0.278 e. The molecule has 0 N–H and O–H groups in total. The van der Waals surface area contributed by atoms with Gasteiger partial charge in [0.05, 0.1) is 0 Å². The second kappa shape index (κ2) is 4.04. The van der Waals surface area contributed by atoms with Gasteiger partial charge in [-0.2, -0.15) is 10.1 Å². The van der Waals surface area contributed by atoms with Gasteiger partial charge in [-0.3, -0.25) is 9.48 Å². The number of carbonyl (C=O) groups is 1. The zero-order valence-electron chi connectivity index (χ0n) is 10.4. The van der Waals surface area contributed by atoms with Gasteiger partial charge < -0.3 is 4.52 Å². The third-order valence-corrected chi connectivity index (χ3v) is 3.02. The molecule has 0 atom stereocenters. The van der Waals surface area contributed by atoms with Gasteiger partial charge in [0.1, 0.15) is 5.69 Å². The molecule has 0 bridgehead atoms. The summed E-state index contributed by atoms with van der Waals surface area (Å²) in [5.41, 5.74) is 1.22. The van der Waals surface area contributed by atoms with Crippen molar-refractivity contribution in [1.29, 1.82) is 0 Å². The predicted molar refractivity (Wildman–Crippen MR) is 63.2 cm³/mol. The zero-order chi connectivity index (χ0) is 12.7. The fraction of sp³-hybridized carbons (Fsp3) is 0.500. The van der Waals surface area contributed by atoms with Crippen LogP contribution in [0.3, 0.4) is 0 Å². The van der Waals surface area contributed by atoms with Gasteiger partial charge in [-0.25, -0.2) is 0 Å². The molecule has 3 rings (SSSR count). The van der Waals surface area contributed by atoms with Crippen LogP contribution in [-0.2, 0) is 6.54 Å². The first-order valence-corrected chi connectivity index (χ1v) is 6.10. The summed E-state index contributed by atoms with van der Waals surface area (Å²) in [4.78, 5) is 16.0. The SMILES string of the molecule is CC(C)c1noc(-c2cc3n(n2)CCCC3=O)n1. The van der Waals surface area contributed by atoms with Gasteiger partial charge in [0.25, 0.3) is 5.89 Å². The first kappa shape index (κ1) is 11.1. The Morgan fingerprint density at radius 2 is 2.28 bits per heavy atom. The lowest BCUT2D eigenvalue weighted by Gasteiger charge is -2.10. The fourth-order valence-corrected chi connectivity index (χ4v) is 2.01. The summed E-state index contributed by atoms with van der Waals surface area (Å²) in [6.45, 7) is 4.76. The molecule has 0 aromatic carbocycles. The van der Waals surface area contributed by atoms with Crippen molar-refractivity contribution < 1.29 is 9.32 Å². The van der Waals surface area contributed by atoms with Crippen LogP contribution in [0.1, 0.15) is 48.9 Å². The Hall–Kier alpha value is -1.98. The monoisotopic (exact) mass is 246 g/mol. The molecule has 94 valence electrons. The Kier molecular flexibility index (Phi) is 2.50. The number of fused-ring (bicyclic) bond motifs is 1. The molecule has 0 unspecified atom stereocenters. The molecule has 18 heavy (non-hydrogen) atoms. The number of carbonyl (C=O) groups excluding carboxylic acids is 1. The minimum atomic E-state index is 0.128. The van der Waals surface area contributed by atoms with Gasteiger partial charge in [0.15, 0.2) is 17.3 Å². The highest BCUT2D eigenvalue weighted by atomic mass is 16.5. The topological polar surface area (TPSA) is 73.8 Å². The molecular formula is C12H14N4O2. The van der Waals surface area contributed by atoms with Crippen molar-refractivity contribution in [3.8, 4) is 11.6 Å². The van der Waals surface area contributed by atoms with Crippen LogP contribution in [0.15, 0.2) is 10.6 Å². The smallest absolute Gasteiger partial charge is 0.278 e. The molecule has 0 saturated heterocycles. The van der Waals surface area contributed by atoms with Crippen LogP contribution in [0.5, 0.6) is 0 Å². The number of ketones is 1. The molecule has 3 heterocycles. The number of Topliss-reactive ketones (excluding diaryl/α,β-unsaturated/α-hetero) is 1. The van der Waals surface area contributed by atoms with E-state index in [1.165, 1.54) is 0 Å². The van der Waals surface area contributed by atoms with E-state index < -0.39 is 0 Å².